The molecule has 0 aliphatic carbocycles. The summed E-state index contributed by atoms with van der Waals surface area (Å²) in [7, 11) is 2.84. The van der Waals surface area contributed by atoms with Gasteiger partial charge >= 0.3 is 0 Å². The van der Waals surface area contributed by atoms with Crippen molar-refractivity contribution in [2.75, 3.05) is 24.5 Å². The molecule has 1 aliphatic rings. The predicted molar refractivity (Wildman–Crippen MR) is 101 cm³/mol. The summed E-state index contributed by atoms with van der Waals surface area (Å²) < 4.78 is 0. The Kier molecular flexibility index (Phi) is 4.31. The van der Waals surface area contributed by atoms with Gasteiger partial charge in [-0.3, -0.25) is 4.98 Å². The van der Waals surface area contributed by atoms with Crippen LogP contribution >= 0.6 is 20.8 Å². The number of rotatable bonds is 2. The van der Waals surface area contributed by atoms with E-state index in [1.165, 1.54) is 0 Å². The Hall–Kier alpha value is -1.81. The molecule has 3 aromatic heterocycles. The highest BCUT2D eigenvalue weighted by atomic mass is 35.5. The number of aromatic nitrogens is 3. The largest absolute Gasteiger partial charge is 0.353 e. The minimum absolute atomic E-state index is 0.358. The van der Waals surface area contributed by atoms with Crippen molar-refractivity contribution in [2.24, 2.45) is 0 Å². The topological polar surface area (TPSA) is 53.9 Å². The molecule has 24 heavy (non-hydrogen) atoms. The normalized spacial score (nSPS) is 18.1. The summed E-state index contributed by atoms with van der Waals surface area (Å²) in [5, 5.41) is 6.10. The molecule has 0 radical (unpaired) electrons. The first-order valence-electron chi connectivity index (χ1n) is 7.81. The molecule has 0 saturated carbocycles. The van der Waals surface area contributed by atoms with Crippen LogP contribution in [0.3, 0.4) is 0 Å². The number of nitrogens with one attached hydrogen (secondary N) is 1. The predicted octanol–water partition coefficient (Wildman–Crippen LogP) is 2.96. The Bertz CT molecular complexity index is 888. The summed E-state index contributed by atoms with van der Waals surface area (Å²) in [6.07, 6.45) is 5.40. The lowest BCUT2D eigenvalue weighted by atomic mass is 10.1. The Morgan fingerprint density at radius 1 is 1.25 bits per heavy atom. The summed E-state index contributed by atoms with van der Waals surface area (Å²) in [5.74, 6) is 1.35. The quantitative estimate of drug-likeness (QED) is 0.564. The first kappa shape index (κ1) is 15.7. The van der Waals surface area contributed by atoms with E-state index in [1.807, 2.05) is 30.6 Å². The van der Waals surface area contributed by atoms with Crippen molar-refractivity contribution in [2.45, 2.75) is 5.78 Å². The fourth-order valence-electron chi connectivity index (χ4n) is 3.00. The van der Waals surface area contributed by atoms with Crippen LogP contribution in [0.25, 0.3) is 22.0 Å². The molecule has 1 saturated heterocycles. The minimum atomic E-state index is 0.358. The van der Waals surface area contributed by atoms with Crippen molar-refractivity contribution < 1.29 is 0 Å². The molecule has 1 fully saturated rings. The fourth-order valence-corrected chi connectivity index (χ4v) is 3.60. The Morgan fingerprint density at radius 2 is 2.17 bits per heavy atom. The summed E-state index contributed by atoms with van der Waals surface area (Å²) in [6.45, 7) is 2.76. The molecule has 7 heteroatoms. The average Bonchev–Trinajstić information content (AvgIpc) is 2.61. The molecule has 1 unspecified atom stereocenters. The van der Waals surface area contributed by atoms with E-state index in [9.17, 15) is 0 Å². The van der Waals surface area contributed by atoms with Gasteiger partial charge in [0.25, 0.3) is 0 Å². The van der Waals surface area contributed by atoms with Crippen molar-refractivity contribution in [1.82, 2.24) is 20.3 Å². The molecule has 0 bridgehead atoms. The van der Waals surface area contributed by atoms with E-state index in [-0.39, 0.29) is 0 Å². The highest BCUT2D eigenvalue weighted by molar-refractivity contribution is 7.17. The van der Waals surface area contributed by atoms with Gasteiger partial charge in [0.2, 0.25) is 0 Å². The minimum Gasteiger partial charge on any atom is -0.353 e. The molecule has 4 rings (SSSR count). The van der Waals surface area contributed by atoms with Crippen molar-refractivity contribution in [3.63, 3.8) is 0 Å². The molecule has 4 heterocycles. The molecule has 122 valence electrons. The van der Waals surface area contributed by atoms with Gasteiger partial charge in [0, 0.05) is 60.3 Å². The lowest BCUT2D eigenvalue weighted by molar-refractivity contribution is 0.556. The second kappa shape index (κ2) is 6.60. The van der Waals surface area contributed by atoms with Crippen molar-refractivity contribution in [1.29, 1.82) is 0 Å². The molecule has 0 amide bonds. The van der Waals surface area contributed by atoms with Gasteiger partial charge in [-0.1, -0.05) is 11.6 Å². The van der Waals surface area contributed by atoms with Crippen LogP contribution in [0.5, 0.6) is 0 Å². The number of fused-ring (bicyclic) bond motifs is 1. The average molecular weight is 358 g/mol. The first-order chi connectivity index (χ1) is 11.7. The zero-order chi connectivity index (χ0) is 16.5. The maximum atomic E-state index is 6.05. The van der Waals surface area contributed by atoms with Crippen LogP contribution in [0, 0.1) is 0 Å². The van der Waals surface area contributed by atoms with Gasteiger partial charge in [-0.05, 0) is 24.3 Å². The van der Waals surface area contributed by atoms with Gasteiger partial charge < -0.3 is 10.2 Å². The first-order valence-corrected chi connectivity index (χ1v) is 8.86. The SMILES string of the molecule is P[C@H]1CN(c2nc(-c3ccnc(Cl)c3)cc3cnccc23)CCN1. The van der Waals surface area contributed by atoms with Crippen LogP contribution < -0.4 is 10.2 Å². The Morgan fingerprint density at radius 3 is 3.00 bits per heavy atom. The second-order valence-electron chi connectivity index (χ2n) is 5.80. The molecule has 0 spiro atoms. The molecule has 1 aliphatic heterocycles. The summed E-state index contributed by atoms with van der Waals surface area (Å²) in [6, 6.07) is 7.85. The summed E-state index contributed by atoms with van der Waals surface area (Å²) in [4.78, 5) is 15.6. The number of nitrogens with zero attached hydrogens (tertiary/aromatic N) is 4. The van der Waals surface area contributed by atoms with Crippen LogP contribution in [0.4, 0.5) is 5.82 Å². The fraction of sp³-hybridized carbons (Fsp3) is 0.235. The molecule has 0 aromatic carbocycles. The number of halogens is 1. The van der Waals surface area contributed by atoms with E-state index in [4.69, 9.17) is 16.6 Å². The molecular weight excluding hydrogens is 341 g/mol. The number of hydrogen-bond acceptors (Lipinski definition) is 5. The smallest absolute Gasteiger partial charge is 0.137 e. The maximum absolute atomic E-state index is 6.05. The maximum Gasteiger partial charge on any atom is 0.137 e. The van der Waals surface area contributed by atoms with Gasteiger partial charge in [0.1, 0.15) is 11.0 Å². The summed E-state index contributed by atoms with van der Waals surface area (Å²) >= 11 is 6.05. The van der Waals surface area contributed by atoms with Crippen molar-refractivity contribution in [3.05, 3.63) is 48.0 Å². The Labute approximate surface area is 147 Å². The van der Waals surface area contributed by atoms with Crippen LogP contribution in [-0.2, 0) is 0 Å². The van der Waals surface area contributed by atoms with Gasteiger partial charge in [0.05, 0.1) is 5.69 Å². The number of pyridine rings is 3. The van der Waals surface area contributed by atoms with Crippen molar-refractivity contribution >= 4 is 37.4 Å². The van der Waals surface area contributed by atoms with E-state index < -0.39 is 0 Å². The Balaban J connectivity index is 1.88. The monoisotopic (exact) mass is 357 g/mol. The van der Waals surface area contributed by atoms with E-state index in [2.05, 4.69) is 35.5 Å². The van der Waals surface area contributed by atoms with E-state index in [0.717, 1.165) is 47.5 Å². The zero-order valence-corrected chi connectivity index (χ0v) is 14.9. The lowest BCUT2D eigenvalue weighted by Crippen LogP contribution is -2.48. The highest BCUT2D eigenvalue weighted by Crippen LogP contribution is 2.30. The third-order valence-electron chi connectivity index (χ3n) is 4.14. The second-order valence-corrected chi connectivity index (χ2v) is 6.99. The van der Waals surface area contributed by atoms with E-state index in [0.29, 0.717) is 10.9 Å². The molecular formula is C17H17ClN5P. The molecule has 5 nitrogen and oxygen atoms in total. The third-order valence-corrected chi connectivity index (χ3v) is 4.79. The third kappa shape index (κ3) is 3.07. The number of piperazine rings is 1. The number of hydrogen-bond donors (Lipinski definition) is 1. The molecule has 3 aromatic rings. The van der Waals surface area contributed by atoms with E-state index >= 15 is 0 Å². The van der Waals surface area contributed by atoms with Crippen molar-refractivity contribution in [3.8, 4) is 11.3 Å². The van der Waals surface area contributed by atoms with Crippen LogP contribution in [0.1, 0.15) is 0 Å². The standard InChI is InChI=1S/C17H17ClN5P/c18-15-8-11(1-4-20-15)14-7-12-9-19-3-2-13(12)17(22-14)23-6-5-21-16(24)10-23/h1-4,7-9,16,21H,5-6,10,24H2/t16-/m0/s1. The van der Waals surface area contributed by atoms with Gasteiger partial charge in [-0.2, -0.15) is 0 Å². The van der Waals surface area contributed by atoms with Crippen LogP contribution in [-0.4, -0.2) is 40.4 Å². The lowest BCUT2D eigenvalue weighted by Gasteiger charge is -2.33. The van der Waals surface area contributed by atoms with Gasteiger partial charge in [0.15, 0.2) is 0 Å². The van der Waals surface area contributed by atoms with Gasteiger partial charge in [-0.15, -0.1) is 9.24 Å². The zero-order valence-electron chi connectivity index (χ0n) is 13.0. The van der Waals surface area contributed by atoms with Gasteiger partial charge in [-0.25, -0.2) is 9.97 Å². The molecule has 2 atom stereocenters. The van der Waals surface area contributed by atoms with Crippen LogP contribution in [0.2, 0.25) is 5.15 Å². The van der Waals surface area contributed by atoms with Crippen LogP contribution in [0.15, 0.2) is 42.9 Å². The van der Waals surface area contributed by atoms with E-state index in [1.54, 1.807) is 6.20 Å². The molecule has 1 N–H and O–H groups in total. The highest BCUT2D eigenvalue weighted by Gasteiger charge is 2.20. The number of anilines is 1. The summed E-state index contributed by atoms with van der Waals surface area (Å²) in [5.41, 5.74) is 1.84.